The Bertz CT molecular complexity index is 669. The van der Waals surface area contributed by atoms with Gasteiger partial charge in [0.25, 0.3) is 5.91 Å². The Balaban J connectivity index is 2.38. The van der Waals surface area contributed by atoms with Gasteiger partial charge in [0, 0.05) is 10.2 Å². The fourth-order valence-corrected chi connectivity index (χ4v) is 2.76. The number of hydroxylamine groups is 1. The van der Waals surface area contributed by atoms with Crippen LogP contribution in [0.5, 0.6) is 0 Å². The molecule has 3 N–H and O–H groups in total. The number of aromatic nitrogens is 2. The molecule has 0 fully saturated rings. The summed E-state index contributed by atoms with van der Waals surface area (Å²) in [7, 11) is 0. The number of nitrogens with zero attached hydrogens (tertiary/aromatic N) is 2. The average Bonchev–Trinajstić information content (AvgIpc) is 2.87. The molecule has 0 bridgehead atoms. The van der Waals surface area contributed by atoms with Crippen molar-refractivity contribution in [2.45, 2.75) is 39.5 Å². The van der Waals surface area contributed by atoms with E-state index in [4.69, 9.17) is 5.21 Å². The summed E-state index contributed by atoms with van der Waals surface area (Å²) in [6, 6.07) is 3.91. The minimum absolute atomic E-state index is 0.0125. The topological polar surface area (TPSA) is 78.7 Å². The molecule has 0 aliphatic rings. The first-order valence-corrected chi connectivity index (χ1v) is 8.21. The molecule has 0 aliphatic carbocycles. The molecule has 120 valence electrons. The van der Waals surface area contributed by atoms with Crippen LogP contribution in [0.3, 0.4) is 0 Å². The van der Waals surface area contributed by atoms with Crippen molar-refractivity contribution in [2.75, 3.05) is 11.9 Å². The predicted molar refractivity (Wildman–Crippen MR) is 89.3 cm³/mol. The standard InChI is InChI=1S/C15H21BrN4O2/c1-3-4-5-6-12-15(17-9-14(21)19-22)18-13-8-7-11(16)10(2)20(12)13/h7-8,17,22H,3-6,9H2,1-2H3,(H,19,21). The normalized spacial score (nSPS) is 10.9. The molecule has 2 rings (SSSR count). The molecule has 0 saturated heterocycles. The molecule has 0 spiro atoms. The lowest BCUT2D eigenvalue weighted by molar-refractivity contribution is -0.127. The third-order valence-electron chi connectivity index (χ3n) is 3.62. The van der Waals surface area contributed by atoms with E-state index in [-0.39, 0.29) is 6.54 Å². The minimum atomic E-state index is -0.491. The molecule has 7 heteroatoms. The second-order valence-electron chi connectivity index (χ2n) is 5.21. The molecule has 1 amide bonds. The zero-order chi connectivity index (χ0) is 16.1. The van der Waals surface area contributed by atoms with Crippen LogP contribution in [0.1, 0.15) is 37.6 Å². The molecular formula is C15H21BrN4O2. The SMILES string of the molecule is CCCCCc1c(NCC(=O)NO)nc2ccc(Br)c(C)n12. The van der Waals surface area contributed by atoms with E-state index in [1.54, 1.807) is 5.48 Å². The van der Waals surface area contributed by atoms with Crippen LogP contribution in [0.25, 0.3) is 5.65 Å². The van der Waals surface area contributed by atoms with Crippen LogP contribution in [0.4, 0.5) is 5.82 Å². The van der Waals surface area contributed by atoms with Crippen LogP contribution >= 0.6 is 15.9 Å². The fourth-order valence-electron chi connectivity index (χ4n) is 2.45. The molecule has 0 saturated carbocycles. The molecule has 0 unspecified atom stereocenters. The van der Waals surface area contributed by atoms with E-state index in [1.807, 2.05) is 19.1 Å². The van der Waals surface area contributed by atoms with Gasteiger partial charge in [-0.2, -0.15) is 0 Å². The summed E-state index contributed by atoms with van der Waals surface area (Å²) in [4.78, 5) is 15.8. The Labute approximate surface area is 138 Å². The number of hydrogen-bond acceptors (Lipinski definition) is 4. The fraction of sp³-hybridized carbons (Fsp3) is 0.467. The van der Waals surface area contributed by atoms with Crippen molar-refractivity contribution in [1.29, 1.82) is 0 Å². The highest BCUT2D eigenvalue weighted by atomic mass is 79.9. The first-order valence-electron chi connectivity index (χ1n) is 7.41. The van der Waals surface area contributed by atoms with Crippen LogP contribution in [-0.2, 0) is 11.2 Å². The summed E-state index contributed by atoms with van der Waals surface area (Å²) in [6.07, 6.45) is 4.25. The molecule has 0 aromatic carbocycles. The lowest BCUT2D eigenvalue weighted by atomic mass is 10.1. The molecule has 6 nitrogen and oxygen atoms in total. The Morgan fingerprint density at radius 3 is 2.86 bits per heavy atom. The lowest BCUT2D eigenvalue weighted by Gasteiger charge is -2.09. The number of hydrogen-bond donors (Lipinski definition) is 3. The van der Waals surface area contributed by atoms with E-state index in [0.717, 1.165) is 47.2 Å². The van der Waals surface area contributed by atoms with Crippen LogP contribution < -0.4 is 10.8 Å². The number of pyridine rings is 1. The minimum Gasteiger partial charge on any atom is -0.359 e. The highest BCUT2D eigenvalue weighted by Gasteiger charge is 2.15. The second kappa shape index (κ2) is 7.60. The van der Waals surface area contributed by atoms with Gasteiger partial charge < -0.3 is 5.32 Å². The van der Waals surface area contributed by atoms with E-state index in [2.05, 4.69) is 37.6 Å². The first-order chi connectivity index (χ1) is 10.6. The van der Waals surface area contributed by atoms with Crippen molar-refractivity contribution in [1.82, 2.24) is 14.9 Å². The number of carbonyl (C=O) groups excluding carboxylic acids is 1. The Morgan fingerprint density at radius 2 is 2.18 bits per heavy atom. The van der Waals surface area contributed by atoms with Crippen molar-refractivity contribution >= 4 is 33.3 Å². The zero-order valence-corrected chi connectivity index (χ0v) is 14.4. The molecule has 0 aliphatic heterocycles. The maximum atomic E-state index is 11.2. The van der Waals surface area contributed by atoms with Crippen molar-refractivity contribution in [2.24, 2.45) is 0 Å². The monoisotopic (exact) mass is 368 g/mol. The summed E-state index contributed by atoms with van der Waals surface area (Å²) in [6.45, 7) is 4.19. The van der Waals surface area contributed by atoms with E-state index in [0.29, 0.717) is 5.82 Å². The Hall–Kier alpha value is -1.60. The van der Waals surface area contributed by atoms with E-state index in [1.165, 1.54) is 0 Å². The van der Waals surface area contributed by atoms with Gasteiger partial charge in [-0.25, -0.2) is 10.5 Å². The number of halogens is 1. The first kappa shape index (κ1) is 16.8. The summed E-state index contributed by atoms with van der Waals surface area (Å²) >= 11 is 3.55. The maximum absolute atomic E-state index is 11.2. The highest BCUT2D eigenvalue weighted by molar-refractivity contribution is 9.10. The van der Waals surface area contributed by atoms with Gasteiger partial charge in [0.15, 0.2) is 0 Å². The number of unbranched alkanes of at least 4 members (excludes halogenated alkanes) is 2. The van der Waals surface area contributed by atoms with Crippen LogP contribution in [0.15, 0.2) is 16.6 Å². The van der Waals surface area contributed by atoms with Crippen LogP contribution in [-0.4, -0.2) is 27.0 Å². The van der Waals surface area contributed by atoms with Gasteiger partial charge in [0.05, 0.1) is 12.2 Å². The molecule has 0 radical (unpaired) electrons. The number of rotatable bonds is 7. The van der Waals surface area contributed by atoms with Crippen molar-refractivity contribution in [3.05, 3.63) is 28.0 Å². The van der Waals surface area contributed by atoms with Gasteiger partial charge in [0.2, 0.25) is 0 Å². The largest absolute Gasteiger partial charge is 0.359 e. The van der Waals surface area contributed by atoms with Gasteiger partial charge in [0.1, 0.15) is 11.5 Å². The van der Waals surface area contributed by atoms with Gasteiger partial charge in [-0.15, -0.1) is 0 Å². The Morgan fingerprint density at radius 1 is 1.41 bits per heavy atom. The quantitative estimate of drug-likeness (QED) is 0.398. The number of imidazole rings is 1. The lowest BCUT2D eigenvalue weighted by Crippen LogP contribution is -2.27. The summed E-state index contributed by atoms with van der Waals surface area (Å²) in [5.74, 6) is 0.204. The summed E-state index contributed by atoms with van der Waals surface area (Å²) in [5, 5.41) is 11.6. The van der Waals surface area contributed by atoms with Crippen LogP contribution in [0.2, 0.25) is 0 Å². The van der Waals surface area contributed by atoms with Gasteiger partial charge in [-0.3, -0.25) is 14.4 Å². The predicted octanol–water partition coefficient (Wildman–Crippen LogP) is 3.06. The third kappa shape index (κ3) is 3.59. The number of fused-ring (bicyclic) bond motifs is 1. The van der Waals surface area contributed by atoms with E-state index < -0.39 is 5.91 Å². The second-order valence-corrected chi connectivity index (χ2v) is 6.07. The van der Waals surface area contributed by atoms with Crippen molar-refractivity contribution in [3.8, 4) is 0 Å². The van der Waals surface area contributed by atoms with Gasteiger partial charge >= 0.3 is 0 Å². The average molecular weight is 369 g/mol. The molecule has 2 aromatic rings. The van der Waals surface area contributed by atoms with Crippen molar-refractivity contribution in [3.63, 3.8) is 0 Å². The number of aryl methyl sites for hydroxylation is 2. The third-order valence-corrected chi connectivity index (χ3v) is 4.45. The number of anilines is 1. The van der Waals surface area contributed by atoms with Crippen LogP contribution in [0, 0.1) is 6.92 Å². The molecule has 0 atom stereocenters. The number of nitrogens with one attached hydrogen (secondary N) is 2. The molecule has 2 aromatic heterocycles. The van der Waals surface area contributed by atoms with E-state index in [9.17, 15) is 4.79 Å². The zero-order valence-electron chi connectivity index (χ0n) is 12.8. The molecule has 22 heavy (non-hydrogen) atoms. The van der Waals surface area contributed by atoms with Gasteiger partial charge in [-0.05, 0) is 47.8 Å². The number of carbonyl (C=O) groups is 1. The molecule has 2 heterocycles. The van der Waals surface area contributed by atoms with Gasteiger partial charge in [-0.1, -0.05) is 19.8 Å². The summed E-state index contributed by atoms with van der Waals surface area (Å²) < 4.78 is 3.13. The number of amides is 1. The van der Waals surface area contributed by atoms with Crippen molar-refractivity contribution < 1.29 is 10.0 Å². The molecular weight excluding hydrogens is 348 g/mol. The maximum Gasteiger partial charge on any atom is 0.262 e. The smallest absolute Gasteiger partial charge is 0.262 e. The van der Waals surface area contributed by atoms with E-state index >= 15 is 0 Å². The Kier molecular flexibility index (Phi) is 5.79. The summed E-state index contributed by atoms with van der Waals surface area (Å²) in [5.41, 5.74) is 4.61. The highest BCUT2D eigenvalue weighted by Crippen LogP contribution is 2.25.